The number of benzene rings is 2. The fourth-order valence-corrected chi connectivity index (χ4v) is 3.31. The number of hydrogen-bond acceptors (Lipinski definition) is 2. The largest absolute Gasteiger partial charge is 0.339 e. The van der Waals surface area contributed by atoms with Crippen LogP contribution in [0, 0.1) is 5.92 Å². The summed E-state index contributed by atoms with van der Waals surface area (Å²) in [4.78, 5) is 14.4. The predicted molar refractivity (Wildman–Crippen MR) is 98.2 cm³/mol. The zero-order valence-electron chi connectivity index (χ0n) is 13.7. The second kappa shape index (κ2) is 8.32. The van der Waals surface area contributed by atoms with Crippen molar-refractivity contribution >= 4 is 17.5 Å². The number of nitrogens with zero attached hydrogens (tertiary/aromatic N) is 1. The summed E-state index contributed by atoms with van der Waals surface area (Å²) in [6, 6.07) is 17.7. The Hall–Kier alpha value is -1.84. The van der Waals surface area contributed by atoms with Crippen molar-refractivity contribution in [3.05, 3.63) is 70.7 Å². The molecule has 1 heterocycles. The summed E-state index contributed by atoms with van der Waals surface area (Å²) in [6.45, 7) is 2.69. The maximum Gasteiger partial charge on any atom is 0.252 e. The number of rotatable bonds is 5. The summed E-state index contributed by atoms with van der Waals surface area (Å²) in [6.07, 6.45) is 3.53. The van der Waals surface area contributed by atoms with Crippen LogP contribution in [0.25, 0.3) is 0 Å². The van der Waals surface area contributed by atoms with Crippen molar-refractivity contribution in [1.29, 1.82) is 0 Å². The fraction of sp³-hybridized carbons (Fsp3) is 0.350. The maximum absolute atomic E-state index is 12.1. The summed E-state index contributed by atoms with van der Waals surface area (Å²) < 4.78 is 0. The number of piperidine rings is 1. The van der Waals surface area contributed by atoms with Crippen molar-refractivity contribution in [2.24, 2.45) is 5.92 Å². The fourth-order valence-electron chi connectivity index (χ4n) is 3.18. The molecule has 24 heavy (non-hydrogen) atoms. The van der Waals surface area contributed by atoms with Crippen LogP contribution in [-0.4, -0.2) is 30.6 Å². The van der Waals surface area contributed by atoms with Gasteiger partial charge >= 0.3 is 0 Å². The highest BCUT2D eigenvalue weighted by atomic mass is 35.5. The maximum atomic E-state index is 12.1. The normalized spacial score (nSPS) is 16.0. The molecule has 0 atom stereocenters. The lowest BCUT2D eigenvalue weighted by Gasteiger charge is -2.32. The lowest BCUT2D eigenvalue weighted by Crippen LogP contribution is -2.42. The van der Waals surface area contributed by atoms with Crippen molar-refractivity contribution in [1.82, 2.24) is 10.2 Å². The van der Waals surface area contributed by atoms with Crippen LogP contribution in [0.15, 0.2) is 54.6 Å². The lowest BCUT2D eigenvalue weighted by molar-refractivity contribution is 0.0903. The number of amides is 1. The Morgan fingerprint density at radius 2 is 1.71 bits per heavy atom. The molecule has 0 spiro atoms. The van der Waals surface area contributed by atoms with E-state index in [-0.39, 0.29) is 5.91 Å². The second-order valence-corrected chi connectivity index (χ2v) is 6.86. The van der Waals surface area contributed by atoms with E-state index in [4.69, 9.17) is 11.6 Å². The van der Waals surface area contributed by atoms with Crippen molar-refractivity contribution < 1.29 is 4.79 Å². The topological polar surface area (TPSA) is 32.3 Å². The molecular weight excluding hydrogens is 320 g/mol. The van der Waals surface area contributed by atoms with Gasteiger partial charge in [-0.3, -0.25) is 9.69 Å². The molecule has 0 aliphatic carbocycles. The summed E-state index contributed by atoms with van der Waals surface area (Å²) in [7, 11) is 0. The highest BCUT2D eigenvalue weighted by molar-refractivity contribution is 6.30. The van der Waals surface area contributed by atoms with E-state index in [0.717, 1.165) is 25.4 Å². The third-order valence-electron chi connectivity index (χ3n) is 4.64. The third kappa shape index (κ3) is 4.83. The first kappa shape index (κ1) is 17.0. The zero-order valence-corrected chi connectivity index (χ0v) is 14.5. The Morgan fingerprint density at radius 1 is 1.04 bits per heavy atom. The van der Waals surface area contributed by atoms with Gasteiger partial charge in [-0.2, -0.15) is 0 Å². The Morgan fingerprint density at radius 3 is 2.38 bits per heavy atom. The Kier molecular flexibility index (Phi) is 5.89. The van der Waals surface area contributed by atoms with E-state index < -0.39 is 0 Å². The highest BCUT2D eigenvalue weighted by Crippen LogP contribution is 2.21. The van der Waals surface area contributed by atoms with Crippen molar-refractivity contribution in [3.63, 3.8) is 0 Å². The molecule has 0 aromatic heterocycles. The van der Waals surface area contributed by atoms with Crippen LogP contribution >= 0.6 is 11.6 Å². The summed E-state index contributed by atoms with van der Waals surface area (Å²) in [5.74, 6) is 0.702. The Bertz CT molecular complexity index is 649. The number of carbonyl (C=O) groups excluding carboxylic acids is 1. The average molecular weight is 343 g/mol. The molecule has 1 saturated heterocycles. The summed E-state index contributed by atoms with van der Waals surface area (Å²) >= 11 is 5.85. The predicted octanol–water partition coefficient (Wildman–Crippen LogP) is 3.98. The van der Waals surface area contributed by atoms with Crippen LogP contribution in [0.1, 0.15) is 28.8 Å². The van der Waals surface area contributed by atoms with Crippen LogP contribution in [0.2, 0.25) is 5.02 Å². The van der Waals surface area contributed by atoms with Gasteiger partial charge in [0.15, 0.2) is 0 Å². The number of carbonyl (C=O) groups is 1. The van der Waals surface area contributed by atoms with Gasteiger partial charge in [0.1, 0.15) is 0 Å². The number of halogens is 1. The highest BCUT2D eigenvalue weighted by Gasteiger charge is 2.19. The molecule has 0 radical (unpaired) electrons. The van der Waals surface area contributed by atoms with Crippen molar-refractivity contribution in [2.75, 3.05) is 19.8 Å². The zero-order chi connectivity index (χ0) is 16.8. The van der Waals surface area contributed by atoms with Gasteiger partial charge in [0.2, 0.25) is 0 Å². The molecular formula is C20H23ClN2O. The molecule has 2 aromatic carbocycles. The van der Waals surface area contributed by atoms with Crippen molar-refractivity contribution in [3.8, 4) is 0 Å². The van der Waals surface area contributed by atoms with E-state index >= 15 is 0 Å². The van der Waals surface area contributed by atoms with Gasteiger partial charge in [-0.15, -0.1) is 0 Å². The van der Waals surface area contributed by atoms with Crippen LogP contribution < -0.4 is 5.32 Å². The van der Waals surface area contributed by atoms with Gasteiger partial charge < -0.3 is 5.32 Å². The van der Waals surface area contributed by atoms with Gasteiger partial charge in [0.05, 0.1) is 6.67 Å². The molecule has 0 unspecified atom stereocenters. The van der Waals surface area contributed by atoms with E-state index in [0.29, 0.717) is 17.3 Å². The molecule has 3 nitrogen and oxygen atoms in total. The molecule has 1 N–H and O–H groups in total. The quantitative estimate of drug-likeness (QED) is 0.891. The van der Waals surface area contributed by atoms with E-state index in [1.54, 1.807) is 24.3 Å². The SMILES string of the molecule is O=C(NCN1CCC(Cc2ccccc2)CC1)c1ccc(Cl)cc1. The summed E-state index contributed by atoms with van der Waals surface area (Å²) in [5.41, 5.74) is 2.07. The first-order chi connectivity index (χ1) is 11.7. The van der Waals surface area contributed by atoms with Crippen LogP contribution in [0.3, 0.4) is 0 Å². The molecule has 4 heteroatoms. The number of likely N-dealkylation sites (tertiary alicyclic amines) is 1. The molecule has 3 rings (SSSR count). The van der Waals surface area contributed by atoms with E-state index in [9.17, 15) is 4.79 Å². The van der Waals surface area contributed by atoms with Gasteiger partial charge in [-0.05, 0) is 55.0 Å². The monoisotopic (exact) mass is 342 g/mol. The second-order valence-electron chi connectivity index (χ2n) is 6.42. The Labute approximate surface area is 148 Å². The molecule has 1 aliphatic heterocycles. The molecule has 1 aliphatic rings. The van der Waals surface area contributed by atoms with Gasteiger partial charge in [-0.1, -0.05) is 41.9 Å². The summed E-state index contributed by atoms with van der Waals surface area (Å²) in [5, 5.41) is 3.64. The molecule has 1 fully saturated rings. The van der Waals surface area contributed by atoms with Crippen LogP contribution in [0.5, 0.6) is 0 Å². The first-order valence-electron chi connectivity index (χ1n) is 8.51. The molecule has 1 amide bonds. The molecule has 0 saturated carbocycles. The lowest BCUT2D eigenvalue weighted by atomic mass is 9.90. The van der Waals surface area contributed by atoms with Crippen molar-refractivity contribution in [2.45, 2.75) is 19.3 Å². The van der Waals surface area contributed by atoms with E-state index in [1.165, 1.54) is 18.4 Å². The van der Waals surface area contributed by atoms with E-state index in [2.05, 4.69) is 40.5 Å². The minimum absolute atomic E-state index is 0.0434. The average Bonchev–Trinajstić information content (AvgIpc) is 2.62. The standard InChI is InChI=1S/C20H23ClN2O/c21-19-8-6-18(7-9-19)20(24)22-15-23-12-10-17(11-13-23)14-16-4-2-1-3-5-16/h1-9,17H,10-15H2,(H,22,24). The first-order valence-corrected chi connectivity index (χ1v) is 8.88. The van der Waals surface area contributed by atoms with Gasteiger partial charge in [0, 0.05) is 23.7 Å². The number of nitrogens with one attached hydrogen (secondary N) is 1. The molecule has 0 bridgehead atoms. The minimum atomic E-state index is -0.0434. The van der Waals surface area contributed by atoms with E-state index in [1.807, 2.05) is 0 Å². The third-order valence-corrected chi connectivity index (χ3v) is 4.90. The minimum Gasteiger partial charge on any atom is -0.339 e. The van der Waals surface area contributed by atoms with Crippen LogP contribution in [0.4, 0.5) is 0 Å². The number of hydrogen-bond donors (Lipinski definition) is 1. The Balaban J connectivity index is 1.41. The smallest absolute Gasteiger partial charge is 0.252 e. The molecule has 126 valence electrons. The van der Waals surface area contributed by atoms with Gasteiger partial charge in [0.25, 0.3) is 5.91 Å². The van der Waals surface area contributed by atoms with Gasteiger partial charge in [-0.25, -0.2) is 0 Å². The molecule has 2 aromatic rings. The van der Waals surface area contributed by atoms with Crippen LogP contribution in [-0.2, 0) is 6.42 Å².